The van der Waals surface area contributed by atoms with Crippen LogP contribution in [0.3, 0.4) is 0 Å². The molecule has 1 aromatic carbocycles. The number of carbonyl (C=O) groups excluding carboxylic acids is 2. The monoisotopic (exact) mass is 330 g/mol. The Morgan fingerprint density at radius 2 is 2.00 bits per heavy atom. The van der Waals surface area contributed by atoms with Crippen molar-refractivity contribution in [3.05, 3.63) is 53.7 Å². The number of nitrogens with one attached hydrogen (secondary N) is 2. The van der Waals surface area contributed by atoms with Crippen molar-refractivity contribution in [2.45, 2.75) is 12.5 Å². The zero-order valence-corrected chi connectivity index (χ0v) is 13.0. The molecule has 2 N–H and O–H groups in total. The molecule has 1 aromatic heterocycles. The minimum absolute atomic E-state index is 0.0320. The Hall–Kier alpha value is -2.60. The lowest BCUT2D eigenvalue weighted by Gasteiger charge is -2.17. The topological polar surface area (TPSA) is 74.3 Å². The van der Waals surface area contributed by atoms with Crippen molar-refractivity contribution in [2.75, 3.05) is 16.8 Å². The minimum atomic E-state index is -0.376. The van der Waals surface area contributed by atoms with Gasteiger partial charge in [-0.2, -0.15) is 0 Å². The van der Waals surface area contributed by atoms with Gasteiger partial charge in [0, 0.05) is 29.9 Å². The second-order valence-electron chi connectivity index (χ2n) is 5.20. The first-order valence-electron chi connectivity index (χ1n) is 7.16. The molecule has 0 aliphatic carbocycles. The number of urea groups is 1. The molecular weight excluding hydrogens is 316 g/mol. The number of anilines is 2. The average Bonchev–Trinajstić information content (AvgIpc) is 2.89. The van der Waals surface area contributed by atoms with E-state index in [1.807, 2.05) is 0 Å². The Labute approximate surface area is 138 Å². The lowest BCUT2D eigenvalue weighted by molar-refractivity contribution is -0.117. The first kappa shape index (κ1) is 15.3. The van der Waals surface area contributed by atoms with Crippen molar-refractivity contribution in [3.8, 4) is 0 Å². The molecule has 0 unspecified atom stereocenters. The normalized spacial score (nSPS) is 17.2. The number of aromatic nitrogens is 1. The van der Waals surface area contributed by atoms with Gasteiger partial charge in [-0.15, -0.1) is 0 Å². The number of hydrogen-bond acceptors (Lipinski definition) is 3. The molecule has 23 heavy (non-hydrogen) atoms. The third-order valence-corrected chi connectivity index (χ3v) is 3.76. The molecule has 3 amide bonds. The Kier molecular flexibility index (Phi) is 4.43. The number of nitrogens with zero attached hydrogens (tertiary/aromatic N) is 2. The SMILES string of the molecule is O=C(Nc1ccccn1)N[C@H]1CC(=O)N(c2ccc(Cl)cc2)C1. The number of amides is 3. The molecule has 1 atom stereocenters. The van der Waals surface area contributed by atoms with Gasteiger partial charge < -0.3 is 10.2 Å². The minimum Gasteiger partial charge on any atom is -0.333 e. The highest BCUT2D eigenvalue weighted by molar-refractivity contribution is 6.30. The lowest BCUT2D eigenvalue weighted by atomic mass is 10.2. The molecule has 1 fully saturated rings. The van der Waals surface area contributed by atoms with Gasteiger partial charge in [0.2, 0.25) is 5.91 Å². The van der Waals surface area contributed by atoms with Gasteiger partial charge >= 0.3 is 6.03 Å². The Morgan fingerprint density at radius 1 is 1.22 bits per heavy atom. The van der Waals surface area contributed by atoms with Gasteiger partial charge in [-0.25, -0.2) is 9.78 Å². The van der Waals surface area contributed by atoms with Crippen molar-refractivity contribution in [3.63, 3.8) is 0 Å². The molecule has 118 valence electrons. The third-order valence-electron chi connectivity index (χ3n) is 3.51. The molecule has 1 saturated heterocycles. The van der Waals surface area contributed by atoms with Crippen LogP contribution in [0.2, 0.25) is 5.02 Å². The Balaban J connectivity index is 1.59. The Bertz CT molecular complexity index is 706. The van der Waals surface area contributed by atoms with Crippen LogP contribution < -0.4 is 15.5 Å². The highest BCUT2D eigenvalue weighted by Crippen LogP contribution is 2.23. The van der Waals surface area contributed by atoms with Crippen molar-refractivity contribution in [1.82, 2.24) is 10.3 Å². The van der Waals surface area contributed by atoms with E-state index >= 15 is 0 Å². The molecule has 0 radical (unpaired) electrons. The molecule has 2 aromatic rings. The smallest absolute Gasteiger partial charge is 0.320 e. The molecule has 1 aliphatic rings. The first-order valence-corrected chi connectivity index (χ1v) is 7.54. The molecule has 3 rings (SSSR count). The number of benzene rings is 1. The summed E-state index contributed by atoms with van der Waals surface area (Å²) in [5.74, 6) is 0.430. The van der Waals surface area contributed by atoms with Crippen LogP contribution in [0.5, 0.6) is 0 Å². The summed E-state index contributed by atoms with van der Waals surface area (Å²) in [6.07, 6.45) is 1.86. The summed E-state index contributed by atoms with van der Waals surface area (Å²) in [5, 5.41) is 6.04. The van der Waals surface area contributed by atoms with Crippen LogP contribution in [-0.4, -0.2) is 29.5 Å². The van der Waals surface area contributed by atoms with E-state index in [0.717, 1.165) is 5.69 Å². The van der Waals surface area contributed by atoms with Gasteiger partial charge in [0.25, 0.3) is 0 Å². The Morgan fingerprint density at radius 3 is 2.70 bits per heavy atom. The van der Waals surface area contributed by atoms with Crippen molar-refractivity contribution < 1.29 is 9.59 Å². The summed E-state index contributed by atoms with van der Waals surface area (Å²) in [5.41, 5.74) is 0.772. The zero-order chi connectivity index (χ0) is 16.2. The van der Waals surface area contributed by atoms with Crippen molar-refractivity contribution in [1.29, 1.82) is 0 Å². The molecule has 0 bridgehead atoms. The van der Waals surface area contributed by atoms with Crippen LogP contribution in [0.15, 0.2) is 48.7 Å². The third kappa shape index (κ3) is 3.78. The average molecular weight is 331 g/mol. The summed E-state index contributed by atoms with van der Waals surface area (Å²) in [6, 6.07) is 11.7. The maximum absolute atomic E-state index is 12.1. The maximum atomic E-state index is 12.1. The highest BCUT2D eigenvalue weighted by Gasteiger charge is 2.31. The van der Waals surface area contributed by atoms with E-state index in [1.54, 1.807) is 53.6 Å². The lowest BCUT2D eigenvalue weighted by Crippen LogP contribution is -2.39. The van der Waals surface area contributed by atoms with Crippen LogP contribution in [0.25, 0.3) is 0 Å². The molecule has 0 spiro atoms. The van der Waals surface area contributed by atoms with Gasteiger partial charge in [-0.05, 0) is 36.4 Å². The zero-order valence-electron chi connectivity index (χ0n) is 12.2. The molecular formula is C16H15ClN4O2. The fraction of sp³-hybridized carbons (Fsp3) is 0.188. The number of halogens is 1. The fourth-order valence-corrected chi connectivity index (χ4v) is 2.58. The largest absolute Gasteiger partial charge is 0.333 e. The standard InChI is InChI=1S/C16H15ClN4O2/c17-11-4-6-13(7-5-11)21-10-12(9-15(21)22)19-16(23)20-14-3-1-2-8-18-14/h1-8,12H,9-10H2,(H2,18,19,20,23)/t12-/m0/s1. The second-order valence-corrected chi connectivity index (χ2v) is 5.63. The van der Waals surface area contributed by atoms with Crippen LogP contribution in [0.1, 0.15) is 6.42 Å². The number of pyridine rings is 1. The summed E-state index contributed by atoms with van der Waals surface area (Å²) in [6.45, 7) is 0.427. The summed E-state index contributed by atoms with van der Waals surface area (Å²) in [4.78, 5) is 29.7. The van der Waals surface area contributed by atoms with Crippen LogP contribution in [0, 0.1) is 0 Å². The van der Waals surface area contributed by atoms with Crippen molar-refractivity contribution >= 4 is 35.0 Å². The fourth-order valence-electron chi connectivity index (χ4n) is 2.45. The highest BCUT2D eigenvalue weighted by atomic mass is 35.5. The molecule has 0 saturated carbocycles. The summed E-state index contributed by atoms with van der Waals surface area (Å²) in [7, 11) is 0. The van der Waals surface area contributed by atoms with E-state index in [2.05, 4.69) is 15.6 Å². The predicted molar refractivity (Wildman–Crippen MR) is 88.6 cm³/mol. The summed E-state index contributed by atoms with van der Waals surface area (Å²) < 4.78 is 0. The van der Waals surface area contributed by atoms with Crippen molar-refractivity contribution in [2.24, 2.45) is 0 Å². The molecule has 1 aliphatic heterocycles. The van der Waals surface area contributed by atoms with E-state index in [0.29, 0.717) is 17.4 Å². The van der Waals surface area contributed by atoms with E-state index in [1.165, 1.54) is 0 Å². The van der Waals surface area contributed by atoms with E-state index in [9.17, 15) is 9.59 Å². The van der Waals surface area contributed by atoms with Crippen LogP contribution in [-0.2, 0) is 4.79 Å². The number of hydrogen-bond donors (Lipinski definition) is 2. The molecule has 2 heterocycles. The molecule has 6 nitrogen and oxygen atoms in total. The molecule has 7 heteroatoms. The maximum Gasteiger partial charge on any atom is 0.320 e. The van der Waals surface area contributed by atoms with Gasteiger partial charge in [0.05, 0.1) is 6.04 Å². The van der Waals surface area contributed by atoms with Gasteiger partial charge in [0.15, 0.2) is 0 Å². The number of rotatable bonds is 3. The summed E-state index contributed by atoms with van der Waals surface area (Å²) >= 11 is 5.85. The van der Waals surface area contributed by atoms with Gasteiger partial charge in [-0.3, -0.25) is 10.1 Å². The van der Waals surface area contributed by atoms with Gasteiger partial charge in [0.1, 0.15) is 5.82 Å². The van der Waals surface area contributed by atoms with E-state index in [-0.39, 0.29) is 24.4 Å². The number of carbonyl (C=O) groups is 2. The first-order chi connectivity index (χ1) is 11.1. The van der Waals surface area contributed by atoms with E-state index in [4.69, 9.17) is 11.6 Å². The second kappa shape index (κ2) is 6.66. The van der Waals surface area contributed by atoms with E-state index < -0.39 is 0 Å². The van der Waals surface area contributed by atoms with Gasteiger partial charge in [-0.1, -0.05) is 17.7 Å². The predicted octanol–water partition coefficient (Wildman–Crippen LogP) is 2.66. The van der Waals surface area contributed by atoms with Crippen LogP contribution >= 0.6 is 11.6 Å². The van der Waals surface area contributed by atoms with Crippen LogP contribution in [0.4, 0.5) is 16.3 Å². The quantitative estimate of drug-likeness (QED) is 0.908.